The molecule has 0 bridgehead atoms. The fourth-order valence-corrected chi connectivity index (χ4v) is 4.24. The van der Waals surface area contributed by atoms with E-state index in [1.54, 1.807) is 23.6 Å². The Morgan fingerprint density at radius 1 is 1.08 bits per heavy atom. The lowest BCUT2D eigenvalue weighted by Crippen LogP contribution is -2.29. The molecule has 1 amide bonds. The van der Waals surface area contributed by atoms with Gasteiger partial charge in [-0.05, 0) is 37.5 Å². The van der Waals surface area contributed by atoms with Crippen molar-refractivity contribution < 1.29 is 27.4 Å². The number of aromatic nitrogens is 3. The highest BCUT2D eigenvalue weighted by Crippen LogP contribution is 2.39. The van der Waals surface area contributed by atoms with E-state index in [4.69, 9.17) is 14.5 Å². The van der Waals surface area contributed by atoms with E-state index in [1.165, 1.54) is 6.07 Å². The minimum Gasteiger partial charge on any atom is -0.491 e. The fourth-order valence-electron chi connectivity index (χ4n) is 4.24. The summed E-state index contributed by atoms with van der Waals surface area (Å²) in [5, 5.41) is 2.63. The van der Waals surface area contributed by atoms with Gasteiger partial charge in [0.1, 0.15) is 28.5 Å². The number of halogens is 3. The maximum Gasteiger partial charge on any atom is 0.433 e. The van der Waals surface area contributed by atoms with E-state index in [2.05, 4.69) is 10.3 Å². The number of benzene rings is 1. The van der Waals surface area contributed by atoms with Crippen LogP contribution in [0.3, 0.4) is 0 Å². The molecule has 10 heteroatoms. The molecular formula is C27H25F3N4O3. The zero-order valence-corrected chi connectivity index (χ0v) is 20.0. The summed E-state index contributed by atoms with van der Waals surface area (Å²) in [6, 6.07) is 14.9. The van der Waals surface area contributed by atoms with Gasteiger partial charge in [0.2, 0.25) is 0 Å². The van der Waals surface area contributed by atoms with Gasteiger partial charge in [0, 0.05) is 24.4 Å². The molecule has 1 N–H and O–H groups in total. The molecule has 3 aromatic heterocycles. The number of hydrogen-bond donors (Lipinski definition) is 1. The Balaban J connectivity index is 1.29. The average Bonchev–Trinajstić information content (AvgIpc) is 3.25. The third-order valence-electron chi connectivity index (χ3n) is 6.24. The Morgan fingerprint density at radius 3 is 2.59 bits per heavy atom. The molecular weight excluding hydrogens is 485 g/mol. The number of carbonyl (C=O) groups excluding carboxylic acids is 1. The summed E-state index contributed by atoms with van der Waals surface area (Å²) in [7, 11) is 0. The second-order valence-corrected chi connectivity index (χ2v) is 8.86. The van der Waals surface area contributed by atoms with Crippen LogP contribution in [0.2, 0.25) is 0 Å². The van der Waals surface area contributed by atoms with Crippen molar-refractivity contribution in [2.24, 2.45) is 0 Å². The number of hydrogen-bond acceptors (Lipinski definition) is 5. The lowest BCUT2D eigenvalue weighted by Gasteiger charge is -2.34. The number of anilines is 1. The van der Waals surface area contributed by atoms with Gasteiger partial charge < -0.3 is 19.2 Å². The Kier molecular flexibility index (Phi) is 6.84. The maximum atomic E-state index is 13.0. The molecule has 1 saturated carbocycles. The lowest BCUT2D eigenvalue weighted by molar-refractivity contribution is -0.141. The Hall–Kier alpha value is -3.92. The second kappa shape index (κ2) is 10.2. The van der Waals surface area contributed by atoms with Gasteiger partial charge in [-0.15, -0.1) is 0 Å². The summed E-state index contributed by atoms with van der Waals surface area (Å²) in [6.45, 7) is 2.70. The molecule has 192 valence electrons. The first kappa shape index (κ1) is 24.8. The Labute approximate surface area is 211 Å². The number of imidazole rings is 1. The fraction of sp³-hybridized carbons (Fsp3) is 0.296. The third-order valence-corrected chi connectivity index (χ3v) is 6.24. The number of fused-ring (bicyclic) bond motifs is 1. The summed E-state index contributed by atoms with van der Waals surface area (Å²) in [5.74, 6) is -0.155. The van der Waals surface area contributed by atoms with Crippen molar-refractivity contribution >= 4 is 17.2 Å². The molecule has 4 aromatic rings. The molecule has 0 radical (unpaired) electrons. The van der Waals surface area contributed by atoms with Crippen molar-refractivity contribution in [1.29, 1.82) is 0 Å². The minimum atomic E-state index is -4.65. The zero-order chi connectivity index (χ0) is 26.0. The summed E-state index contributed by atoms with van der Waals surface area (Å²) < 4.78 is 52.5. The van der Waals surface area contributed by atoms with Crippen LogP contribution >= 0.6 is 0 Å². The Bertz CT molecular complexity index is 1400. The number of pyridine rings is 2. The highest BCUT2D eigenvalue weighted by molar-refractivity contribution is 6.03. The smallest absolute Gasteiger partial charge is 0.433 e. The Morgan fingerprint density at radius 2 is 1.86 bits per heavy atom. The van der Waals surface area contributed by atoms with Gasteiger partial charge in [-0.2, -0.15) is 13.2 Å². The average molecular weight is 511 g/mol. The lowest BCUT2D eigenvalue weighted by atomic mass is 9.80. The van der Waals surface area contributed by atoms with Gasteiger partial charge in [-0.1, -0.05) is 36.4 Å². The summed E-state index contributed by atoms with van der Waals surface area (Å²) in [6.07, 6.45) is 0.779. The van der Waals surface area contributed by atoms with Crippen LogP contribution in [0.1, 0.15) is 53.1 Å². The van der Waals surface area contributed by atoms with E-state index in [9.17, 15) is 18.0 Å². The quantitative estimate of drug-likeness (QED) is 0.321. The molecule has 3 heterocycles. The first-order valence-corrected chi connectivity index (χ1v) is 12.0. The van der Waals surface area contributed by atoms with Crippen molar-refractivity contribution in [3.63, 3.8) is 0 Å². The van der Waals surface area contributed by atoms with E-state index < -0.39 is 17.8 Å². The molecule has 1 aliphatic rings. The molecule has 5 rings (SSSR count). The predicted molar refractivity (Wildman–Crippen MR) is 131 cm³/mol. The molecule has 1 aliphatic carbocycles. The molecule has 1 aromatic carbocycles. The van der Waals surface area contributed by atoms with Crippen LogP contribution in [0.4, 0.5) is 18.9 Å². The van der Waals surface area contributed by atoms with Gasteiger partial charge >= 0.3 is 6.18 Å². The number of alkyl halides is 3. The number of nitrogens with zero attached hydrogens (tertiary/aromatic N) is 3. The molecule has 0 atom stereocenters. The van der Waals surface area contributed by atoms with Crippen molar-refractivity contribution in [2.75, 3.05) is 11.9 Å². The van der Waals surface area contributed by atoms with Gasteiger partial charge in [-0.3, -0.25) is 4.79 Å². The number of rotatable bonds is 8. The molecule has 37 heavy (non-hydrogen) atoms. The van der Waals surface area contributed by atoms with Crippen molar-refractivity contribution in [3.05, 3.63) is 89.6 Å². The van der Waals surface area contributed by atoms with Crippen LogP contribution in [0, 0.1) is 0 Å². The topological polar surface area (TPSA) is 77.8 Å². The van der Waals surface area contributed by atoms with Crippen molar-refractivity contribution in [1.82, 2.24) is 14.4 Å². The molecule has 7 nitrogen and oxygen atoms in total. The first-order chi connectivity index (χ1) is 17.8. The van der Waals surface area contributed by atoms with E-state index in [0.29, 0.717) is 30.3 Å². The summed E-state index contributed by atoms with van der Waals surface area (Å²) in [4.78, 5) is 20.9. The SMILES string of the molecule is CCOc1cc2nc(C3CC(OCc4ccccc4)C3)cn2cc1NC(=O)c1cccc(C(F)(F)F)n1. The molecule has 1 fully saturated rings. The van der Waals surface area contributed by atoms with Gasteiger partial charge in [0.05, 0.1) is 25.0 Å². The first-order valence-electron chi connectivity index (χ1n) is 12.0. The largest absolute Gasteiger partial charge is 0.491 e. The molecule has 0 unspecified atom stereocenters. The number of carbonyl (C=O) groups is 1. The third kappa shape index (κ3) is 5.59. The van der Waals surface area contributed by atoms with E-state index in [0.717, 1.165) is 36.2 Å². The zero-order valence-electron chi connectivity index (χ0n) is 20.0. The number of amides is 1. The van der Waals surface area contributed by atoms with E-state index >= 15 is 0 Å². The van der Waals surface area contributed by atoms with Crippen LogP contribution in [0.25, 0.3) is 5.65 Å². The van der Waals surface area contributed by atoms with Gasteiger partial charge in [0.15, 0.2) is 0 Å². The summed E-state index contributed by atoms with van der Waals surface area (Å²) >= 11 is 0. The van der Waals surface area contributed by atoms with E-state index in [-0.39, 0.29) is 17.7 Å². The van der Waals surface area contributed by atoms with E-state index in [1.807, 2.05) is 36.5 Å². The van der Waals surface area contributed by atoms with Crippen LogP contribution in [-0.4, -0.2) is 33.0 Å². The predicted octanol–water partition coefficient (Wildman–Crippen LogP) is 5.86. The molecule has 0 saturated heterocycles. The summed E-state index contributed by atoms with van der Waals surface area (Å²) in [5.41, 5.74) is 1.51. The van der Waals surface area contributed by atoms with Crippen LogP contribution in [0.15, 0.2) is 67.0 Å². The van der Waals surface area contributed by atoms with Crippen LogP contribution in [-0.2, 0) is 17.5 Å². The minimum absolute atomic E-state index is 0.170. The second-order valence-electron chi connectivity index (χ2n) is 8.86. The standard InChI is InChI=1S/C27H25F3N4O3/c1-2-36-23-13-25-32-21(18-11-19(12-18)37-16-17-7-4-3-5-8-17)14-34(25)15-22(23)33-26(35)20-9-6-10-24(31-20)27(28,29)30/h3-10,13-15,18-19H,2,11-12,16H2,1H3,(H,33,35). The highest BCUT2D eigenvalue weighted by Gasteiger charge is 2.34. The van der Waals surface area contributed by atoms with Crippen LogP contribution in [0.5, 0.6) is 5.75 Å². The van der Waals surface area contributed by atoms with Gasteiger partial charge in [-0.25, -0.2) is 9.97 Å². The molecule has 0 spiro atoms. The molecule has 0 aliphatic heterocycles. The monoisotopic (exact) mass is 510 g/mol. The van der Waals surface area contributed by atoms with Gasteiger partial charge in [0.25, 0.3) is 5.91 Å². The van der Waals surface area contributed by atoms with Crippen molar-refractivity contribution in [2.45, 2.75) is 44.6 Å². The maximum absolute atomic E-state index is 13.0. The number of ether oxygens (including phenoxy) is 2. The van der Waals surface area contributed by atoms with Crippen molar-refractivity contribution in [3.8, 4) is 5.75 Å². The number of nitrogens with one attached hydrogen (secondary N) is 1. The highest BCUT2D eigenvalue weighted by atomic mass is 19.4. The normalized spacial score (nSPS) is 17.4. The van der Waals surface area contributed by atoms with Crippen LogP contribution < -0.4 is 10.1 Å².